The SMILES string of the molecule is [N-]=[N+]=NCCC=Cc1ccc(=O)[nH]c1. The molecule has 0 saturated carbocycles. The molecule has 0 spiro atoms. The van der Waals surface area contributed by atoms with Crippen LogP contribution in [-0.4, -0.2) is 11.5 Å². The van der Waals surface area contributed by atoms with Gasteiger partial charge in [0, 0.05) is 23.7 Å². The van der Waals surface area contributed by atoms with E-state index in [0.29, 0.717) is 13.0 Å². The zero-order valence-corrected chi connectivity index (χ0v) is 7.55. The molecule has 5 heteroatoms. The molecule has 0 saturated heterocycles. The lowest BCUT2D eigenvalue weighted by atomic mass is 10.2. The summed E-state index contributed by atoms with van der Waals surface area (Å²) in [5.74, 6) is 0. The summed E-state index contributed by atoms with van der Waals surface area (Å²) in [4.78, 5) is 15.9. The molecule has 72 valence electrons. The third kappa shape index (κ3) is 3.60. The van der Waals surface area contributed by atoms with Gasteiger partial charge in [0.2, 0.25) is 5.56 Å². The van der Waals surface area contributed by atoms with E-state index in [9.17, 15) is 4.79 Å². The topological polar surface area (TPSA) is 81.6 Å². The van der Waals surface area contributed by atoms with Crippen LogP contribution in [0.5, 0.6) is 0 Å². The van der Waals surface area contributed by atoms with Crippen molar-refractivity contribution in [2.75, 3.05) is 6.54 Å². The molecule has 1 rings (SSSR count). The van der Waals surface area contributed by atoms with Crippen molar-refractivity contribution < 1.29 is 0 Å². The Hall–Kier alpha value is -2.00. The highest BCUT2D eigenvalue weighted by Crippen LogP contribution is 1.98. The number of pyridine rings is 1. The van der Waals surface area contributed by atoms with Gasteiger partial charge in [0.05, 0.1) is 0 Å². The first kappa shape index (κ1) is 10.1. The first-order valence-corrected chi connectivity index (χ1v) is 4.19. The van der Waals surface area contributed by atoms with E-state index in [4.69, 9.17) is 5.53 Å². The van der Waals surface area contributed by atoms with E-state index in [1.807, 2.05) is 12.2 Å². The van der Waals surface area contributed by atoms with E-state index in [1.165, 1.54) is 6.07 Å². The van der Waals surface area contributed by atoms with Gasteiger partial charge >= 0.3 is 0 Å². The van der Waals surface area contributed by atoms with Crippen LogP contribution in [0, 0.1) is 0 Å². The Balaban J connectivity index is 2.47. The van der Waals surface area contributed by atoms with Crippen molar-refractivity contribution in [1.29, 1.82) is 0 Å². The Morgan fingerprint density at radius 1 is 1.57 bits per heavy atom. The molecule has 0 unspecified atom stereocenters. The third-order valence-corrected chi connectivity index (χ3v) is 1.58. The van der Waals surface area contributed by atoms with Gasteiger partial charge in [-0.2, -0.15) is 0 Å². The molecule has 1 heterocycles. The highest BCUT2D eigenvalue weighted by Gasteiger charge is 1.85. The fraction of sp³-hybridized carbons (Fsp3) is 0.222. The smallest absolute Gasteiger partial charge is 0.247 e. The van der Waals surface area contributed by atoms with Crippen molar-refractivity contribution in [3.63, 3.8) is 0 Å². The molecule has 5 nitrogen and oxygen atoms in total. The maximum absolute atomic E-state index is 10.7. The van der Waals surface area contributed by atoms with Crippen molar-refractivity contribution >= 4 is 6.08 Å². The van der Waals surface area contributed by atoms with Crippen LogP contribution in [0.4, 0.5) is 0 Å². The number of H-pyrrole nitrogens is 1. The molecule has 0 fully saturated rings. The summed E-state index contributed by atoms with van der Waals surface area (Å²) < 4.78 is 0. The highest BCUT2D eigenvalue weighted by molar-refractivity contribution is 5.47. The number of hydrogen-bond donors (Lipinski definition) is 1. The molecule has 1 N–H and O–H groups in total. The maximum Gasteiger partial charge on any atom is 0.247 e. The van der Waals surface area contributed by atoms with E-state index in [2.05, 4.69) is 15.0 Å². The van der Waals surface area contributed by atoms with Crippen LogP contribution in [0.1, 0.15) is 12.0 Å². The summed E-state index contributed by atoms with van der Waals surface area (Å²) in [5, 5.41) is 3.39. The molecule has 0 bridgehead atoms. The van der Waals surface area contributed by atoms with Gasteiger partial charge in [-0.15, -0.1) is 0 Å². The van der Waals surface area contributed by atoms with Gasteiger partial charge in [0.15, 0.2) is 0 Å². The Bertz CT molecular complexity index is 395. The number of hydrogen-bond acceptors (Lipinski definition) is 2. The second kappa shape index (κ2) is 5.61. The third-order valence-electron chi connectivity index (χ3n) is 1.58. The largest absolute Gasteiger partial charge is 0.329 e. The minimum Gasteiger partial charge on any atom is -0.329 e. The minimum atomic E-state index is -0.115. The van der Waals surface area contributed by atoms with Crippen LogP contribution in [0.2, 0.25) is 0 Å². The number of aromatic nitrogens is 1. The van der Waals surface area contributed by atoms with Crippen molar-refractivity contribution in [3.05, 3.63) is 50.8 Å². The number of aromatic amines is 1. The lowest BCUT2D eigenvalue weighted by Gasteiger charge is -1.90. The Morgan fingerprint density at radius 2 is 2.43 bits per heavy atom. The lowest BCUT2D eigenvalue weighted by Crippen LogP contribution is -2.01. The normalized spacial score (nSPS) is 10.0. The van der Waals surface area contributed by atoms with Gasteiger partial charge < -0.3 is 4.98 Å². The van der Waals surface area contributed by atoms with Crippen LogP contribution in [0.25, 0.3) is 16.5 Å². The van der Waals surface area contributed by atoms with Crippen molar-refractivity contribution in [2.24, 2.45) is 5.11 Å². The van der Waals surface area contributed by atoms with E-state index < -0.39 is 0 Å². The molecule has 1 aromatic heterocycles. The van der Waals surface area contributed by atoms with Crippen LogP contribution in [0.3, 0.4) is 0 Å². The summed E-state index contributed by atoms with van der Waals surface area (Å²) >= 11 is 0. The first-order valence-electron chi connectivity index (χ1n) is 4.19. The molecular weight excluding hydrogens is 180 g/mol. The second-order valence-electron chi connectivity index (χ2n) is 2.63. The average molecular weight is 190 g/mol. The van der Waals surface area contributed by atoms with Crippen molar-refractivity contribution in [3.8, 4) is 0 Å². The van der Waals surface area contributed by atoms with Gasteiger partial charge in [-0.1, -0.05) is 17.3 Å². The zero-order chi connectivity index (χ0) is 10.2. The summed E-state index contributed by atoms with van der Waals surface area (Å²) in [7, 11) is 0. The first-order chi connectivity index (χ1) is 6.83. The minimum absolute atomic E-state index is 0.115. The number of nitrogens with zero attached hydrogens (tertiary/aromatic N) is 3. The van der Waals surface area contributed by atoms with E-state index in [-0.39, 0.29) is 5.56 Å². The maximum atomic E-state index is 10.7. The van der Waals surface area contributed by atoms with E-state index in [1.54, 1.807) is 12.3 Å². The second-order valence-corrected chi connectivity index (χ2v) is 2.63. The van der Waals surface area contributed by atoms with Crippen LogP contribution >= 0.6 is 0 Å². The van der Waals surface area contributed by atoms with Crippen LogP contribution < -0.4 is 5.56 Å². The molecule has 14 heavy (non-hydrogen) atoms. The van der Waals surface area contributed by atoms with E-state index >= 15 is 0 Å². The van der Waals surface area contributed by atoms with Gasteiger partial charge in [0.1, 0.15) is 0 Å². The molecule has 1 aromatic rings. The Kier molecular flexibility index (Phi) is 4.04. The molecule has 0 radical (unpaired) electrons. The number of nitrogens with one attached hydrogen (secondary N) is 1. The molecular formula is C9H10N4O. The lowest BCUT2D eigenvalue weighted by molar-refractivity contribution is 0.995. The quantitative estimate of drug-likeness (QED) is 0.335. The molecule has 0 aliphatic heterocycles. The van der Waals surface area contributed by atoms with Crippen LogP contribution in [0.15, 0.2) is 34.3 Å². The van der Waals surface area contributed by atoms with E-state index in [0.717, 1.165) is 5.56 Å². The van der Waals surface area contributed by atoms with Crippen molar-refractivity contribution in [1.82, 2.24) is 4.98 Å². The van der Waals surface area contributed by atoms with Gasteiger partial charge in [-0.05, 0) is 23.6 Å². The highest BCUT2D eigenvalue weighted by atomic mass is 16.1. The molecule has 0 aromatic carbocycles. The summed E-state index contributed by atoms with van der Waals surface area (Å²) in [6, 6.07) is 3.19. The Morgan fingerprint density at radius 3 is 3.07 bits per heavy atom. The van der Waals surface area contributed by atoms with Crippen molar-refractivity contribution in [2.45, 2.75) is 6.42 Å². The standard InChI is InChI=1S/C9H10N4O/c10-13-12-6-2-1-3-8-4-5-9(14)11-7-8/h1,3-5,7H,2,6H2,(H,11,14). The molecule has 0 amide bonds. The molecule has 0 aliphatic carbocycles. The van der Waals surface area contributed by atoms with Gasteiger partial charge in [0.25, 0.3) is 0 Å². The zero-order valence-electron chi connectivity index (χ0n) is 7.55. The summed E-state index contributed by atoms with van der Waals surface area (Å²) in [6.07, 6.45) is 6.08. The summed E-state index contributed by atoms with van der Waals surface area (Å²) in [5.41, 5.74) is 8.81. The van der Waals surface area contributed by atoms with Gasteiger partial charge in [-0.3, -0.25) is 4.79 Å². The predicted octanol–water partition coefficient (Wildman–Crippen LogP) is 2.09. The number of rotatable bonds is 4. The number of azide groups is 1. The monoisotopic (exact) mass is 190 g/mol. The average Bonchev–Trinajstić information content (AvgIpc) is 2.21. The Labute approximate surface area is 80.7 Å². The predicted molar refractivity (Wildman–Crippen MR) is 54.7 cm³/mol. The fourth-order valence-corrected chi connectivity index (χ4v) is 0.923. The van der Waals surface area contributed by atoms with Gasteiger partial charge in [-0.25, -0.2) is 0 Å². The molecule has 0 atom stereocenters. The fourth-order valence-electron chi connectivity index (χ4n) is 0.923. The molecule has 0 aliphatic rings. The summed E-state index contributed by atoms with van der Waals surface area (Å²) in [6.45, 7) is 0.455. The van der Waals surface area contributed by atoms with Crippen LogP contribution in [-0.2, 0) is 0 Å².